The van der Waals surface area contributed by atoms with Gasteiger partial charge in [0.2, 0.25) is 5.91 Å². The summed E-state index contributed by atoms with van der Waals surface area (Å²) >= 11 is 0. The first-order valence-electron chi connectivity index (χ1n) is 11.3. The van der Waals surface area contributed by atoms with Gasteiger partial charge in [0.25, 0.3) is 5.91 Å². The zero-order valence-corrected chi connectivity index (χ0v) is 18.3. The van der Waals surface area contributed by atoms with Crippen molar-refractivity contribution in [3.05, 3.63) is 53.4 Å². The van der Waals surface area contributed by atoms with Crippen molar-refractivity contribution in [1.82, 2.24) is 15.4 Å². The first-order chi connectivity index (χ1) is 15.4. The number of ketones is 1. The van der Waals surface area contributed by atoms with Crippen LogP contribution < -0.4 is 11.1 Å². The minimum absolute atomic E-state index is 0.0487. The maximum absolute atomic E-state index is 13.3. The molecule has 170 valence electrons. The van der Waals surface area contributed by atoms with Gasteiger partial charge < -0.3 is 20.5 Å². The second-order valence-corrected chi connectivity index (χ2v) is 8.92. The highest BCUT2D eigenvalue weighted by molar-refractivity contribution is 5.97. The molecule has 8 heteroatoms. The molecular weight excluding hydrogens is 408 g/mol. The van der Waals surface area contributed by atoms with Crippen LogP contribution in [0, 0.1) is 5.92 Å². The number of rotatable bonds is 8. The summed E-state index contributed by atoms with van der Waals surface area (Å²) in [5.41, 5.74) is 6.84. The number of likely N-dealkylation sites (tertiary alicyclic amines) is 1. The van der Waals surface area contributed by atoms with E-state index in [1.807, 2.05) is 30.3 Å². The Labute approximate surface area is 187 Å². The zero-order valence-electron chi connectivity index (χ0n) is 18.3. The number of aromatic nitrogens is 1. The Morgan fingerprint density at radius 3 is 2.47 bits per heavy atom. The van der Waals surface area contributed by atoms with Crippen molar-refractivity contribution in [2.45, 2.75) is 57.0 Å². The van der Waals surface area contributed by atoms with Gasteiger partial charge in [-0.2, -0.15) is 0 Å². The average Bonchev–Trinajstić information content (AvgIpc) is 3.53. The normalized spacial score (nSPS) is 18.8. The Hall–Kier alpha value is -3.00. The molecule has 2 amide bonds. The van der Waals surface area contributed by atoms with E-state index in [0.29, 0.717) is 31.8 Å². The smallest absolute Gasteiger partial charge is 0.274 e. The molecule has 0 bridgehead atoms. The third-order valence-electron chi connectivity index (χ3n) is 6.31. The van der Waals surface area contributed by atoms with Crippen LogP contribution in [0.15, 0.2) is 40.9 Å². The van der Waals surface area contributed by atoms with E-state index in [9.17, 15) is 14.4 Å². The lowest BCUT2D eigenvalue weighted by atomic mass is 9.85. The number of benzene rings is 1. The van der Waals surface area contributed by atoms with Gasteiger partial charge >= 0.3 is 0 Å². The highest BCUT2D eigenvalue weighted by Gasteiger charge is 2.35. The van der Waals surface area contributed by atoms with E-state index >= 15 is 0 Å². The van der Waals surface area contributed by atoms with Gasteiger partial charge in [0.05, 0.1) is 12.1 Å². The molecule has 32 heavy (non-hydrogen) atoms. The van der Waals surface area contributed by atoms with Gasteiger partial charge in [-0.25, -0.2) is 0 Å². The number of Topliss-reactive ketones (excluding diaryl/α,β-unsaturated/α-hetero) is 1. The van der Waals surface area contributed by atoms with Crippen molar-refractivity contribution >= 4 is 17.6 Å². The van der Waals surface area contributed by atoms with Crippen molar-refractivity contribution in [3.63, 3.8) is 0 Å². The number of carbonyl (C=O) groups excluding carboxylic acids is 3. The third-order valence-corrected chi connectivity index (χ3v) is 6.31. The molecule has 1 aromatic heterocycles. The van der Waals surface area contributed by atoms with Gasteiger partial charge in [0, 0.05) is 31.5 Å². The third kappa shape index (κ3) is 5.24. The van der Waals surface area contributed by atoms with Gasteiger partial charge in [-0.1, -0.05) is 35.5 Å². The number of hydrogen-bond acceptors (Lipinski definition) is 6. The summed E-state index contributed by atoms with van der Waals surface area (Å²) in [5.74, 6) is 0.474. The molecule has 1 aliphatic carbocycles. The molecule has 2 aromatic rings. The van der Waals surface area contributed by atoms with Crippen molar-refractivity contribution < 1.29 is 18.9 Å². The summed E-state index contributed by atoms with van der Waals surface area (Å²) in [7, 11) is 0. The lowest BCUT2D eigenvalue weighted by molar-refractivity contribution is -0.133. The molecule has 2 atom stereocenters. The van der Waals surface area contributed by atoms with Crippen molar-refractivity contribution in [2.75, 3.05) is 13.1 Å². The van der Waals surface area contributed by atoms with E-state index in [0.717, 1.165) is 24.2 Å². The first kappa shape index (κ1) is 22.2. The predicted octanol–water partition coefficient (Wildman–Crippen LogP) is 2.05. The van der Waals surface area contributed by atoms with Crippen LogP contribution in [0.25, 0.3) is 0 Å². The molecule has 1 saturated carbocycles. The highest BCUT2D eigenvalue weighted by atomic mass is 16.5. The van der Waals surface area contributed by atoms with Crippen LogP contribution in [-0.2, 0) is 16.0 Å². The Morgan fingerprint density at radius 1 is 1.16 bits per heavy atom. The van der Waals surface area contributed by atoms with E-state index in [4.69, 9.17) is 10.3 Å². The van der Waals surface area contributed by atoms with Gasteiger partial charge in [0.15, 0.2) is 11.5 Å². The second kappa shape index (κ2) is 9.65. The van der Waals surface area contributed by atoms with E-state index in [1.54, 1.807) is 17.9 Å². The fourth-order valence-corrected chi connectivity index (χ4v) is 4.28. The van der Waals surface area contributed by atoms with Crippen LogP contribution in [0.5, 0.6) is 0 Å². The minimum Gasteiger partial charge on any atom is -0.360 e. The molecule has 2 aliphatic rings. The SMILES string of the molecule is C[C@H](N)C(=O)N1CCC(C(NC(=O)c2cc(C3CC3)on2)C(=O)Cc2ccccc2)CC1. The van der Waals surface area contributed by atoms with Crippen molar-refractivity contribution in [2.24, 2.45) is 11.7 Å². The van der Waals surface area contributed by atoms with E-state index < -0.39 is 18.0 Å². The molecule has 3 N–H and O–H groups in total. The number of amides is 2. The van der Waals surface area contributed by atoms with Crippen LogP contribution in [-0.4, -0.2) is 52.8 Å². The van der Waals surface area contributed by atoms with Crippen LogP contribution >= 0.6 is 0 Å². The van der Waals surface area contributed by atoms with E-state index in [-0.39, 0.29) is 29.7 Å². The van der Waals surface area contributed by atoms with Gasteiger partial charge in [-0.15, -0.1) is 0 Å². The molecule has 0 radical (unpaired) electrons. The largest absolute Gasteiger partial charge is 0.360 e. The first-order valence-corrected chi connectivity index (χ1v) is 11.3. The Kier molecular flexibility index (Phi) is 6.69. The van der Waals surface area contributed by atoms with Crippen LogP contribution in [0.4, 0.5) is 0 Å². The highest BCUT2D eigenvalue weighted by Crippen LogP contribution is 2.40. The van der Waals surface area contributed by atoms with Crippen molar-refractivity contribution in [3.8, 4) is 0 Å². The predicted molar refractivity (Wildman–Crippen MR) is 118 cm³/mol. The quantitative estimate of drug-likeness (QED) is 0.651. The fourth-order valence-electron chi connectivity index (χ4n) is 4.28. The minimum atomic E-state index is -0.656. The summed E-state index contributed by atoms with van der Waals surface area (Å²) in [4.78, 5) is 40.1. The molecule has 2 fully saturated rings. The maximum atomic E-state index is 13.3. The molecular formula is C24H30N4O4. The monoisotopic (exact) mass is 438 g/mol. The second-order valence-electron chi connectivity index (χ2n) is 8.92. The molecule has 4 rings (SSSR count). The summed E-state index contributed by atoms with van der Waals surface area (Å²) in [6, 6.07) is 9.97. The molecule has 1 unspecified atom stereocenters. The molecule has 1 saturated heterocycles. The number of carbonyl (C=O) groups is 3. The maximum Gasteiger partial charge on any atom is 0.274 e. The number of nitrogens with zero attached hydrogens (tertiary/aromatic N) is 2. The number of piperidine rings is 1. The topological polar surface area (TPSA) is 119 Å². The van der Waals surface area contributed by atoms with Crippen molar-refractivity contribution in [1.29, 1.82) is 0 Å². The number of nitrogens with one attached hydrogen (secondary N) is 1. The molecule has 1 aromatic carbocycles. The van der Waals surface area contributed by atoms with Crippen LogP contribution in [0.2, 0.25) is 0 Å². The summed E-state index contributed by atoms with van der Waals surface area (Å²) in [6.07, 6.45) is 3.57. The van der Waals surface area contributed by atoms with Gasteiger partial charge in [-0.3, -0.25) is 14.4 Å². The number of hydrogen-bond donors (Lipinski definition) is 2. The molecule has 1 aliphatic heterocycles. The zero-order chi connectivity index (χ0) is 22.7. The lowest BCUT2D eigenvalue weighted by Crippen LogP contribution is -2.52. The standard InChI is InChI=1S/C24H30N4O4/c1-15(25)24(31)28-11-9-18(10-12-28)22(20(29)13-16-5-3-2-4-6-16)26-23(30)19-14-21(32-27-19)17-7-8-17/h2-6,14-15,17-18,22H,7-13,25H2,1H3,(H,26,30)/t15-,22?/m0/s1. The Bertz CT molecular complexity index is 959. The van der Waals surface area contributed by atoms with E-state index in [2.05, 4.69) is 10.5 Å². The Morgan fingerprint density at radius 2 is 1.84 bits per heavy atom. The van der Waals surface area contributed by atoms with Crippen LogP contribution in [0.1, 0.15) is 60.3 Å². The summed E-state index contributed by atoms with van der Waals surface area (Å²) in [5, 5.41) is 6.83. The fraction of sp³-hybridized carbons (Fsp3) is 0.500. The van der Waals surface area contributed by atoms with E-state index in [1.165, 1.54) is 0 Å². The van der Waals surface area contributed by atoms with Gasteiger partial charge in [-0.05, 0) is 44.1 Å². The number of nitrogens with two attached hydrogens (primary N) is 1. The Balaban J connectivity index is 1.46. The summed E-state index contributed by atoms with van der Waals surface area (Å²) < 4.78 is 5.30. The average molecular weight is 439 g/mol. The molecule has 8 nitrogen and oxygen atoms in total. The van der Waals surface area contributed by atoms with Gasteiger partial charge in [0.1, 0.15) is 5.76 Å². The molecule has 0 spiro atoms. The van der Waals surface area contributed by atoms with Crippen LogP contribution in [0.3, 0.4) is 0 Å². The lowest BCUT2D eigenvalue weighted by Gasteiger charge is -2.36. The summed E-state index contributed by atoms with van der Waals surface area (Å²) in [6.45, 7) is 2.71. The molecule has 2 heterocycles.